The van der Waals surface area contributed by atoms with E-state index in [1.165, 1.54) is 0 Å². The summed E-state index contributed by atoms with van der Waals surface area (Å²) in [6.45, 7) is 7.52. The van der Waals surface area contributed by atoms with Crippen LogP contribution in [-0.4, -0.2) is 12.8 Å². The molecule has 0 aliphatic carbocycles. The highest BCUT2D eigenvalue weighted by atomic mass is 14.7. The zero-order chi connectivity index (χ0) is 8.53. The number of rotatable bonds is 5. The molecule has 0 unspecified atom stereocenters. The average Bonchev–Trinajstić information content (AvgIpc) is 1.96. The van der Waals surface area contributed by atoms with Gasteiger partial charge in [0.05, 0.1) is 0 Å². The topological polar surface area (TPSA) is 12.4 Å². The van der Waals surface area contributed by atoms with Crippen LogP contribution >= 0.6 is 0 Å². The van der Waals surface area contributed by atoms with Crippen molar-refractivity contribution in [2.45, 2.75) is 33.6 Å². The van der Waals surface area contributed by atoms with E-state index in [1.807, 2.05) is 12.3 Å². The van der Waals surface area contributed by atoms with E-state index in [0.29, 0.717) is 0 Å². The van der Waals surface area contributed by atoms with Gasteiger partial charge >= 0.3 is 0 Å². The van der Waals surface area contributed by atoms with E-state index >= 15 is 0 Å². The van der Waals surface area contributed by atoms with Gasteiger partial charge in [-0.05, 0) is 24.8 Å². The van der Waals surface area contributed by atoms with Crippen LogP contribution in [-0.2, 0) is 0 Å². The van der Waals surface area contributed by atoms with Crippen molar-refractivity contribution in [2.24, 2.45) is 10.9 Å². The number of hydrogen-bond acceptors (Lipinski definition) is 1. The molecule has 0 amide bonds. The van der Waals surface area contributed by atoms with Crippen LogP contribution < -0.4 is 0 Å². The highest BCUT2D eigenvalue weighted by Gasteiger charge is 1.84. The molecule has 0 atom stereocenters. The quantitative estimate of drug-likeness (QED) is 0.538. The molecule has 0 spiro atoms. The van der Waals surface area contributed by atoms with Gasteiger partial charge in [0.25, 0.3) is 0 Å². The summed E-state index contributed by atoms with van der Waals surface area (Å²) >= 11 is 0. The maximum Gasteiger partial charge on any atom is 0.0386 e. The van der Waals surface area contributed by atoms with Gasteiger partial charge in [-0.3, -0.25) is 4.99 Å². The molecule has 0 saturated carbocycles. The maximum atomic E-state index is 4.17. The molecular weight excluding hydrogens is 134 g/mol. The molecule has 0 aliphatic heterocycles. The highest BCUT2D eigenvalue weighted by molar-refractivity contribution is 5.70. The summed E-state index contributed by atoms with van der Waals surface area (Å²) in [6.07, 6.45) is 8.39. The van der Waals surface area contributed by atoms with Crippen molar-refractivity contribution in [1.82, 2.24) is 0 Å². The monoisotopic (exact) mass is 153 g/mol. The second-order valence-electron chi connectivity index (χ2n) is 3.11. The highest BCUT2D eigenvalue weighted by Crippen LogP contribution is 1.98. The first-order valence-electron chi connectivity index (χ1n) is 4.42. The Morgan fingerprint density at radius 1 is 1.36 bits per heavy atom. The summed E-state index contributed by atoms with van der Waals surface area (Å²) in [5, 5.41) is 0. The Labute approximate surface area is 70.2 Å². The lowest BCUT2D eigenvalue weighted by atomic mass is 10.1. The molecule has 1 nitrogen and oxygen atoms in total. The van der Waals surface area contributed by atoms with Gasteiger partial charge < -0.3 is 0 Å². The molecule has 0 bridgehead atoms. The first kappa shape index (κ1) is 10.4. The molecule has 0 aromatic carbocycles. The number of allylic oxidation sites excluding steroid dienone is 2. The van der Waals surface area contributed by atoms with E-state index in [0.717, 1.165) is 25.3 Å². The second kappa shape index (κ2) is 7.52. The molecule has 64 valence electrons. The van der Waals surface area contributed by atoms with Gasteiger partial charge in [-0.2, -0.15) is 0 Å². The Hall–Kier alpha value is -0.590. The summed E-state index contributed by atoms with van der Waals surface area (Å²) < 4.78 is 0. The number of aliphatic imine (C=N–C) groups is 1. The summed E-state index contributed by atoms with van der Waals surface area (Å²) in [7, 11) is 0. The average molecular weight is 153 g/mol. The van der Waals surface area contributed by atoms with Gasteiger partial charge in [0, 0.05) is 12.8 Å². The number of nitrogens with zero attached hydrogens (tertiary/aromatic N) is 1. The van der Waals surface area contributed by atoms with E-state index in [9.17, 15) is 0 Å². The molecule has 0 radical (unpaired) electrons. The summed E-state index contributed by atoms with van der Waals surface area (Å²) in [6, 6.07) is 0. The van der Waals surface area contributed by atoms with Gasteiger partial charge in [-0.25, -0.2) is 0 Å². The van der Waals surface area contributed by atoms with Crippen molar-refractivity contribution in [1.29, 1.82) is 0 Å². The minimum absolute atomic E-state index is 0.755. The van der Waals surface area contributed by atoms with Gasteiger partial charge in [-0.15, -0.1) is 0 Å². The minimum atomic E-state index is 0.755. The predicted octanol–water partition coefficient (Wildman–Crippen LogP) is 3.07. The van der Waals surface area contributed by atoms with Crippen LogP contribution in [0.1, 0.15) is 33.6 Å². The molecule has 0 heterocycles. The van der Waals surface area contributed by atoms with Crippen molar-refractivity contribution in [3.63, 3.8) is 0 Å². The molecule has 0 fully saturated rings. The third kappa shape index (κ3) is 9.41. The SMILES string of the molecule is CCC/N=C\C=C\CC(C)C. The molecular formula is C10H19N. The molecule has 1 heteroatoms. The Kier molecular flexibility index (Phi) is 7.11. The molecule has 0 aliphatic rings. The van der Waals surface area contributed by atoms with Crippen LogP contribution in [0.15, 0.2) is 17.1 Å². The van der Waals surface area contributed by atoms with Gasteiger partial charge in [0.1, 0.15) is 0 Å². The maximum absolute atomic E-state index is 4.17. The van der Waals surface area contributed by atoms with Crippen LogP contribution in [0.25, 0.3) is 0 Å². The lowest BCUT2D eigenvalue weighted by Gasteiger charge is -1.94. The summed E-state index contributed by atoms with van der Waals surface area (Å²) in [4.78, 5) is 4.17. The van der Waals surface area contributed by atoms with Crippen molar-refractivity contribution in [3.05, 3.63) is 12.2 Å². The van der Waals surface area contributed by atoms with Crippen molar-refractivity contribution < 1.29 is 0 Å². The van der Waals surface area contributed by atoms with E-state index in [-0.39, 0.29) is 0 Å². The fourth-order valence-corrected chi connectivity index (χ4v) is 0.676. The van der Waals surface area contributed by atoms with Gasteiger partial charge in [-0.1, -0.05) is 26.8 Å². The first-order valence-corrected chi connectivity index (χ1v) is 4.42. The molecule has 11 heavy (non-hydrogen) atoms. The zero-order valence-corrected chi connectivity index (χ0v) is 7.88. The molecule has 0 saturated heterocycles. The Morgan fingerprint density at radius 2 is 2.09 bits per heavy atom. The van der Waals surface area contributed by atoms with Crippen molar-refractivity contribution in [2.75, 3.05) is 6.54 Å². The lowest BCUT2D eigenvalue weighted by molar-refractivity contribution is 0.664. The van der Waals surface area contributed by atoms with Crippen LogP contribution in [0, 0.1) is 5.92 Å². The summed E-state index contributed by atoms with van der Waals surface area (Å²) in [5.74, 6) is 0.755. The Balaban J connectivity index is 3.28. The largest absolute Gasteiger partial charge is 0.293 e. The fourth-order valence-electron chi connectivity index (χ4n) is 0.676. The molecule has 0 aromatic heterocycles. The Bertz CT molecular complexity index is 123. The lowest BCUT2D eigenvalue weighted by Crippen LogP contribution is -1.81. The Morgan fingerprint density at radius 3 is 2.64 bits per heavy atom. The fraction of sp³-hybridized carbons (Fsp3) is 0.700. The summed E-state index contributed by atoms with van der Waals surface area (Å²) in [5.41, 5.74) is 0. The van der Waals surface area contributed by atoms with Gasteiger partial charge in [0.2, 0.25) is 0 Å². The van der Waals surface area contributed by atoms with E-state index in [1.54, 1.807) is 0 Å². The molecule has 0 aromatic rings. The van der Waals surface area contributed by atoms with Crippen molar-refractivity contribution >= 4 is 6.21 Å². The first-order chi connectivity index (χ1) is 5.27. The smallest absolute Gasteiger partial charge is 0.0386 e. The van der Waals surface area contributed by atoms with Crippen molar-refractivity contribution in [3.8, 4) is 0 Å². The zero-order valence-electron chi connectivity index (χ0n) is 7.88. The van der Waals surface area contributed by atoms with Gasteiger partial charge in [0.15, 0.2) is 0 Å². The molecule has 0 N–H and O–H groups in total. The van der Waals surface area contributed by atoms with Crippen LogP contribution in [0.5, 0.6) is 0 Å². The predicted molar refractivity (Wildman–Crippen MR) is 52.2 cm³/mol. The second-order valence-corrected chi connectivity index (χ2v) is 3.11. The molecule has 0 rings (SSSR count). The van der Waals surface area contributed by atoms with Crippen LogP contribution in [0.2, 0.25) is 0 Å². The minimum Gasteiger partial charge on any atom is -0.293 e. The standard InChI is InChI=1S/C10H19N/c1-4-8-11-9-6-5-7-10(2)3/h5-6,9-10H,4,7-8H2,1-3H3/b6-5+,11-9-. The third-order valence-electron chi connectivity index (χ3n) is 1.29. The van der Waals surface area contributed by atoms with Crippen LogP contribution in [0.3, 0.4) is 0 Å². The van der Waals surface area contributed by atoms with Crippen LogP contribution in [0.4, 0.5) is 0 Å². The normalized spacial score (nSPS) is 12.4. The van der Waals surface area contributed by atoms with E-state index < -0.39 is 0 Å². The van der Waals surface area contributed by atoms with E-state index in [4.69, 9.17) is 0 Å². The number of hydrogen-bond donors (Lipinski definition) is 0. The third-order valence-corrected chi connectivity index (χ3v) is 1.29. The van der Waals surface area contributed by atoms with E-state index in [2.05, 4.69) is 31.8 Å².